The summed E-state index contributed by atoms with van der Waals surface area (Å²) in [6, 6.07) is 17.8. The predicted octanol–water partition coefficient (Wildman–Crippen LogP) is 4.16. The molecule has 1 aliphatic rings. The molecule has 0 aliphatic carbocycles. The number of anilines is 1. The van der Waals surface area contributed by atoms with Crippen molar-refractivity contribution in [1.82, 2.24) is 19.5 Å². The van der Waals surface area contributed by atoms with Gasteiger partial charge in [-0.3, -0.25) is 13.9 Å². The van der Waals surface area contributed by atoms with Crippen LogP contribution in [0.1, 0.15) is 35.1 Å². The third kappa shape index (κ3) is 4.17. The van der Waals surface area contributed by atoms with Crippen LogP contribution in [0, 0.1) is 0 Å². The Morgan fingerprint density at radius 2 is 1.76 bits per heavy atom. The van der Waals surface area contributed by atoms with Crippen LogP contribution in [0.2, 0.25) is 5.02 Å². The van der Waals surface area contributed by atoms with E-state index in [1.807, 2.05) is 28.8 Å². The van der Waals surface area contributed by atoms with E-state index in [0.717, 1.165) is 24.3 Å². The van der Waals surface area contributed by atoms with Crippen molar-refractivity contribution in [3.63, 3.8) is 0 Å². The van der Waals surface area contributed by atoms with E-state index in [1.165, 1.54) is 24.3 Å². The number of hydrogen-bond acceptors (Lipinski definition) is 5. The van der Waals surface area contributed by atoms with Crippen molar-refractivity contribution in [1.29, 1.82) is 0 Å². The Bertz CT molecular complexity index is 1420. The van der Waals surface area contributed by atoms with E-state index in [0.29, 0.717) is 22.8 Å². The highest BCUT2D eigenvalue weighted by molar-refractivity contribution is 7.92. The highest BCUT2D eigenvalue weighted by Gasteiger charge is 2.33. The van der Waals surface area contributed by atoms with Crippen molar-refractivity contribution in [3.05, 3.63) is 89.3 Å². The van der Waals surface area contributed by atoms with Crippen molar-refractivity contribution in [3.8, 4) is 0 Å². The summed E-state index contributed by atoms with van der Waals surface area (Å²) in [5.74, 6) is 0.558. The molecular weight excluding hydrogens is 462 g/mol. The first-order valence-electron chi connectivity index (χ1n) is 10.4. The lowest BCUT2D eigenvalue weighted by molar-refractivity contribution is 0.0729. The van der Waals surface area contributed by atoms with Crippen molar-refractivity contribution >= 4 is 38.9 Å². The first-order chi connectivity index (χ1) is 15.9. The number of sulfonamides is 1. The third-order valence-electron chi connectivity index (χ3n) is 5.66. The molecule has 4 aromatic rings. The number of carbonyl (C=O) groups is 1. The van der Waals surface area contributed by atoms with E-state index in [9.17, 15) is 13.2 Å². The molecule has 1 unspecified atom stereocenters. The Morgan fingerprint density at radius 3 is 2.52 bits per heavy atom. The van der Waals surface area contributed by atoms with E-state index < -0.39 is 10.0 Å². The summed E-state index contributed by atoms with van der Waals surface area (Å²) < 4.78 is 29.8. The topological polar surface area (TPSA) is 96.7 Å². The van der Waals surface area contributed by atoms with Crippen LogP contribution in [0.5, 0.6) is 0 Å². The maximum atomic E-state index is 13.3. The lowest BCUT2D eigenvalue weighted by atomic mass is 10.1. The fourth-order valence-electron chi connectivity index (χ4n) is 4.04. The number of fused-ring (bicyclic) bond motifs is 1. The first kappa shape index (κ1) is 21.4. The predicted molar refractivity (Wildman–Crippen MR) is 125 cm³/mol. The molecular formula is C23H20ClN5O3S. The van der Waals surface area contributed by atoms with Crippen molar-refractivity contribution in [2.45, 2.75) is 23.8 Å². The molecule has 3 heterocycles. The van der Waals surface area contributed by atoms with Gasteiger partial charge in [-0.25, -0.2) is 8.42 Å². The van der Waals surface area contributed by atoms with E-state index in [1.54, 1.807) is 29.2 Å². The molecule has 2 aromatic heterocycles. The van der Waals surface area contributed by atoms with Gasteiger partial charge in [0.05, 0.1) is 10.9 Å². The summed E-state index contributed by atoms with van der Waals surface area (Å²) in [5.41, 5.74) is 1.55. The third-order valence-corrected chi connectivity index (χ3v) is 7.31. The molecule has 33 heavy (non-hydrogen) atoms. The highest BCUT2D eigenvalue weighted by Crippen LogP contribution is 2.32. The molecule has 0 spiro atoms. The summed E-state index contributed by atoms with van der Waals surface area (Å²) in [5, 5.41) is 9.03. The molecule has 1 amide bonds. The van der Waals surface area contributed by atoms with Crippen LogP contribution < -0.4 is 4.72 Å². The molecule has 1 fully saturated rings. The van der Waals surface area contributed by atoms with Gasteiger partial charge in [-0.15, -0.1) is 10.2 Å². The zero-order valence-corrected chi connectivity index (χ0v) is 19.0. The zero-order chi connectivity index (χ0) is 23.0. The molecule has 8 nitrogen and oxygen atoms in total. The quantitative estimate of drug-likeness (QED) is 0.461. The molecule has 0 radical (unpaired) electrons. The van der Waals surface area contributed by atoms with Gasteiger partial charge in [0.2, 0.25) is 0 Å². The fraction of sp³-hybridized carbons (Fsp3) is 0.174. The number of amides is 1. The summed E-state index contributed by atoms with van der Waals surface area (Å²) >= 11 is 5.85. The minimum absolute atomic E-state index is 0.0652. The summed E-state index contributed by atoms with van der Waals surface area (Å²) in [6.45, 7) is 0.601. The molecule has 1 atom stereocenters. The number of halogens is 1. The normalized spacial score (nSPS) is 16.3. The van der Waals surface area contributed by atoms with E-state index in [4.69, 9.17) is 11.6 Å². The molecule has 0 bridgehead atoms. The number of nitrogens with zero attached hydrogens (tertiary/aromatic N) is 4. The minimum atomic E-state index is -3.80. The second kappa shape index (κ2) is 8.49. The number of aromatic nitrogens is 3. The van der Waals surface area contributed by atoms with Crippen molar-refractivity contribution < 1.29 is 13.2 Å². The van der Waals surface area contributed by atoms with E-state index in [2.05, 4.69) is 14.9 Å². The molecule has 10 heteroatoms. The zero-order valence-electron chi connectivity index (χ0n) is 17.4. The van der Waals surface area contributed by atoms with Gasteiger partial charge in [-0.05, 0) is 73.5 Å². The lowest BCUT2D eigenvalue weighted by Crippen LogP contribution is -2.31. The highest BCUT2D eigenvalue weighted by atomic mass is 35.5. The van der Waals surface area contributed by atoms with Gasteiger partial charge < -0.3 is 4.90 Å². The van der Waals surface area contributed by atoms with Crippen LogP contribution in [0.3, 0.4) is 0 Å². The second-order valence-electron chi connectivity index (χ2n) is 7.78. The molecule has 5 rings (SSSR count). The summed E-state index contributed by atoms with van der Waals surface area (Å²) in [4.78, 5) is 15.1. The molecule has 1 saturated heterocycles. The number of benzene rings is 2. The average Bonchev–Trinajstić information content (AvgIpc) is 3.47. The maximum absolute atomic E-state index is 13.3. The smallest absolute Gasteiger partial charge is 0.261 e. The minimum Gasteiger partial charge on any atom is -0.328 e. The number of likely N-dealkylation sites (tertiary alicyclic amines) is 1. The van der Waals surface area contributed by atoms with Crippen LogP contribution >= 0.6 is 11.6 Å². The molecule has 2 aromatic carbocycles. The first-order valence-corrected chi connectivity index (χ1v) is 12.3. The number of rotatable bonds is 5. The Kier molecular flexibility index (Phi) is 5.51. The number of pyridine rings is 1. The van der Waals surface area contributed by atoms with Gasteiger partial charge in [0.15, 0.2) is 11.5 Å². The summed E-state index contributed by atoms with van der Waals surface area (Å²) in [7, 11) is -3.80. The maximum Gasteiger partial charge on any atom is 0.261 e. The standard InChI is InChI=1S/C23H20ClN5O3S/c24-17-8-10-18(11-9-17)27-33(31,32)19-12-6-16(7-13-19)23(30)28-15-3-4-20(28)22-26-25-21-5-1-2-14-29(21)22/h1-2,5-14,20,27H,3-4,15H2. The van der Waals surface area contributed by atoms with Crippen molar-refractivity contribution in [2.24, 2.45) is 0 Å². The molecule has 1 aliphatic heterocycles. The second-order valence-corrected chi connectivity index (χ2v) is 9.90. The molecule has 168 valence electrons. The van der Waals surface area contributed by atoms with Crippen LogP contribution in [0.25, 0.3) is 5.65 Å². The molecule has 0 saturated carbocycles. The molecule has 1 N–H and O–H groups in total. The number of hydrogen-bond donors (Lipinski definition) is 1. The van der Waals surface area contributed by atoms with Gasteiger partial charge in [-0.1, -0.05) is 17.7 Å². The number of carbonyl (C=O) groups excluding carboxylic acids is 1. The van der Waals surface area contributed by atoms with E-state index >= 15 is 0 Å². The lowest BCUT2D eigenvalue weighted by Gasteiger charge is -2.23. The fourth-order valence-corrected chi connectivity index (χ4v) is 5.22. The van der Waals surface area contributed by atoms with Gasteiger partial charge >= 0.3 is 0 Å². The van der Waals surface area contributed by atoms with Crippen LogP contribution in [0.4, 0.5) is 5.69 Å². The largest absolute Gasteiger partial charge is 0.328 e. The van der Waals surface area contributed by atoms with Gasteiger partial charge in [0.25, 0.3) is 15.9 Å². The van der Waals surface area contributed by atoms with Gasteiger partial charge in [0, 0.05) is 29.0 Å². The van der Waals surface area contributed by atoms with Crippen LogP contribution in [-0.2, 0) is 10.0 Å². The van der Waals surface area contributed by atoms with Gasteiger partial charge in [0.1, 0.15) is 0 Å². The monoisotopic (exact) mass is 481 g/mol. The van der Waals surface area contributed by atoms with E-state index in [-0.39, 0.29) is 16.8 Å². The summed E-state index contributed by atoms with van der Waals surface area (Å²) in [6.07, 6.45) is 3.54. The van der Waals surface area contributed by atoms with Crippen LogP contribution in [0.15, 0.2) is 77.8 Å². The Morgan fingerprint density at radius 1 is 1.00 bits per heavy atom. The van der Waals surface area contributed by atoms with Crippen LogP contribution in [-0.4, -0.2) is 40.4 Å². The number of nitrogens with one attached hydrogen (secondary N) is 1. The Labute approximate surface area is 195 Å². The Hall–Kier alpha value is -3.43. The Balaban J connectivity index is 1.36. The SMILES string of the molecule is O=C(c1ccc(S(=O)(=O)Nc2ccc(Cl)cc2)cc1)N1CCCC1c1nnc2ccccn12. The van der Waals surface area contributed by atoms with Crippen molar-refractivity contribution in [2.75, 3.05) is 11.3 Å². The van der Waals surface area contributed by atoms with Gasteiger partial charge in [-0.2, -0.15) is 0 Å². The average molecular weight is 482 g/mol.